The fraction of sp³-hybridized carbons (Fsp3) is 0.667. The molecule has 0 saturated carbocycles. The first-order chi connectivity index (χ1) is 8.19. The molecule has 94 valence electrons. The van der Waals surface area contributed by atoms with Crippen molar-refractivity contribution < 1.29 is 0 Å². The highest BCUT2D eigenvalue weighted by atomic mass is 15.3. The molecule has 5 heteroatoms. The van der Waals surface area contributed by atoms with Crippen molar-refractivity contribution in [2.45, 2.75) is 20.3 Å². The molecule has 2 heterocycles. The van der Waals surface area contributed by atoms with Crippen molar-refractivity contribution in [3.63, 3.8) is 0 Å². The van der Waals surface area contributed by atoms with Crippen molar-refractivity contribution in [2.75, 3.05) is 43.4 Å². The fourth-order valence-corrected chi connectivity index (χ4v) is 2.25. The molecule has 0 spiro atoms. The summed E-state index contributed by atoms with van der Waals surface area (Å²) in [5, 5.41) is 0. The Morgan fingerprint density at radius 2 is 1.94 bits per heavy atom. The maximum atomic E-state index is 5.68. The number of aryl methyl sites for hydroxylation is 1. The fourth-order valence-electron chi connectivity index (χ4n) is 2.25. The van der Waals surface area contributed by atoms with Gasteiger partial charge in [0.25, 0.3) is 0 Å². The van der Waals surface area contributed by atoms with Crippen LogP contribution in [0.2, 0.25) is 0 Å². The molecular weight excluding hydrogens is 214 g/mol. The molecule has 0 aliphatic carbocycles. The minimum absolute atomic E-state index is 0.371. The van der Waals surface area contributed by atoms with Gasteiger partial charge in [0.2, 0.25) is 5.95 Å². The molecule has 17 heavy (non-hydrogen) atoms. The molecule has 0 radical (unpaired) electrons. The van der Waals surface area contributed by atoms with Crippen molar-refractivity contribution in [1.29, 1.82) is 0 Å². The number of anilines is 2. The first kappa shape index (κ1) is 12.1. The van der Waals surface area contributed by atoms with Crippen LogP contribution in [0.4, 0.5) is 11.8 Å². The average molecular weight is 235 g/mol. The predicted octanol–water partition coefficient (Wildman–Crippen LogP) is 0.899. The Morgan fingerprint density at radius 1 is 1.24 bits per heavy atom. The molecule has 0 unspecified atom stereocenters. The summed E-state index contributed by atoms with van der Waals surface area (Å²) in [5.74, 6) is 1.34. The Hall–Kier alpha value is -1.36. The molecule has 2 N–H and O–H groups in total. The van der Waals surface area contributed by atoms with Gasteiger partial charge in [0.15, 0.2) is 0 Å². The van der Waals surface area contributed by atoms with E-state index in [1.165, 1.54) is 13.0 Å². The second-order valence-electron chi connectivity index (χ2n) is 4.55. The van der Waals surface area contributed by atoms with Crippen LogP contribution in [0.5, 0.6) is 0 Å². The van der Waals surface area contributed by atoms with E-state index in [1.807, 2.05) is 13.0 Å². The number of aromatic nitrogens is 2. The Bertz CT molecular complexity index is 351. The Morgan fingerprint density at radius 3 is 2.53 bits per heavy atom. The number of nitrogens with zero attached hydrogens (tertiary/aromatic N) is 4. The largest absolute Gasteiger partial charge is 0.368 e. The summed E-state index contributed by atoms with van der Waals surface area (Å²) in [6.45, 7) is 9.63. The number of nitrogens with two attached hydrogens (primary N) is 1. The van der Waals surface area contributed by atoms with Crippen molar-refractivity contribution in [3.05, 3.63) is 11.8 Å². The van der Waals surface area contributed by atoms with Gasteiger partial charge in [0.05, 0.1) is 0 Å². The smallest absolute Gasteiger partial charge is 0.222 e. The lowest BCUT2D eigenvalue weighted by Crippen LogP contribution is -2.46. The van der Waals surface area contributed by atoms with Crippen LogP contribution in [0.15, 0.2) is 6.07 Å². The lowest BCUT2D eigenvalue weighted by molar-refractivity contribution is 0.258. The molecule has 0 aromatic carbocycles. The molecular formula is C12H21N5. The SMILES string of the molecule is CCCN1CCN(c2cc(C)nc(N)n2)CC1. The van der Waals surface area contributed by atoms with E-state index in [4.69, 9.17) is 5.73 Å². The van der Waals surface area contributed by atoms with Gasteiger partial charge in [-0.1, -0.05) is 6.92 Å². The van der Waals surface area contributed by atoms with Crippen LogP contribution < -0.4 is 10.6 Å². The van der Waals surface area contributed by atoms with Crippen molar-refractivity contribution in [2.24, 2.45) is 0 Å². The lowest BCUT2D eigenvalue weighted by atomic mass is 10.3. The van der Waals surface area contributed by atoms with Gasteiger partial charge in [0.1, 0.15) is 5.82 Å². The minimum Gasteiger partial charge on any atom is -0.368 e. The number of hydrogen-bond donors (Lipinski definition) is 1. The second-order valence-corrected chi connectivity index (χ2v) is 4.55. The average Bonchev–Trinajstić information content (AvgIpc) is 2.29. The van der Waals surface area contributed by atoms with E-state index < -0.39 is 0 Å². The summed E-state index contributed by atoms with van der Waals surface area (Å²) < 4.78 is 0. The normalized spacial score (nSPS) is 17.4. The zero-order valence-corrected chi connectivity index (χ0v) is 10.7. The van der Waals surface area contributed by atoms with Crippen LogP contribution in [0.3, 0.4) is 0 Å². The maximum Gasteiger partial charge on any atom is 0.222 e. The molecule has 5 nitrogen and oxygen atoms in total. The monoisotopic (exact) mass is 235 g/mol. The zero-order valence-electron chi connectivity index (χ0n) is 10.7. The molecule has 1 fully saturated rings. The third kappa shape index (κ3) is 3.06. The highest BCUT2D eigenvalue weighted by molar-refractivity contribution is 5.43. The summed E-state index contributed by atoms with van der Waals surface area (Å²) in [6.07, 6.45) is 1.22. The summed E-state index contributed by atoms with van der Waals surface area (Å²) in [5.41, 5.74) is 6.62. The van der Waals surface area contributed by atoms with Crippen LogP contribution in [0, 0.1) is 6.92 Å². The van der Waals surface area contributed by atoms with Crippen molar-refractivity contribution in [1.82, 2.24) is 14.9 Å². The predicted molar refractivity (Wildman–Crippen MR) is 70.1 cm³/mol. The number of nitrogen functional groups attached to an aromatic ring is 1. The molecule has 1 aliphatic heterocycles. The van der Waals surface area contributed by atoms with Crippen LogP contribution in [-0.2, 0) is 0 Å². The number of hydrogen-bond acceptors (Lipinski definition) is 5. The molecule has 0 atom stereocenters. The van der Waals surface area contributed by atoms with E-state index >= 15 is 0 Å². The van der Waals surface area contributed by atoms with Gasteiger partial charge < -0.3 is 10.6 Å². The maximum absolute atomic E-state index is 5.68. The molecule has 1 aromatic rings. The van der Waals surface area contributed by atoms with Crippen molar-refractivity contribution in [3.8, 4) is 0 Å². The topological polar surface area (TPSA) is 58.3 Å². The highest BCUT2D eigenvalue weighted by Gasteiger charge is 2.17. The van der Waals surface area contributed by atoms with E-state index in [-0.39, 0.29) is 0 Å². The van der Waals surface area contributed by atoms with Crippen LogP contribution in [-0.4, -0.2) is 47.6 Å². The number of piperazine rings is 1. The summed E-state index contributed by atoms with van der Waals surface area (Å²) in [6, 6.07) is 2.01. The Kier molecular flexibility index (Phi) is 3.78. The molecule has 1 aromatic heterocycles. The lowest BCUT2D eigenvalue weighted by Gasteiger charge is -2.35. The van der Waals surface area contributed by atoms with Crippen molar-refractivity contribution >= 4 is 11.8 Å². The van der Waals surface area contributed by atoms with Gasteiger partial charge in [0, 0.05) is 37.9 Å². The molecule has 2 rings (SSSR count). The molecule has 0 amide bonds. The van der Waals surface area contributed by atoms with E-state index in [2.05, 4.69) is 26.7 Å². The quantitative estimate of drug-likeness (QED) is 0.843. The Balaban J connectivity index is 2.00. The summed E-state index contributed by atoms with van der Waals surface area (Å²) in [4.78, 5) is 13.2. The molecule has 1 aliphatic rings. The minimum atomic E-state index is 0.371. The van der Waals surface area contributed by atoms with E-state index in [9.17, 15) is 0 Å². The van der Waals surface area contributed by atoms with E-state index in [0.717, 1.165) is 37.7 Å². The van der Waals surface area contributed by atoms with Gasteiger partial charge in [-0.05, 0) is 19.9 Å². The number of rotatable bonds is 3. The zero-order chi connectivity index (χ0) is 12.3. The Labute approximate surface area is 103 Å². The van der Waals surface area contributed by atoms with Crippen LogP contribution in [0.1, 0.15) is 19.0 Å². The van der Waals surface area contributed by atoms with Crippen LogP contribution in [0.25, 0.3) is 0 Å². The van der Waals surface area contributed by atoms with Gasteiger partial charge in [-0.2, -0.15) is 4.98 Å². The third-order valence-electron chi connectivity index (χ3n) is 3.09. The van der Waals surface area contributed by atoms with E-state index in [1.54, 1.807) is 0 Å². The third-order valence-corrected chi connectivity index (χ3v) is 3.09. The molecule has 1 saturated heterocycles. The standard InChI is InChI=1S/C12H21N5/c1-3-4-16-5-7-17(8-6-16)11-9-10(2)14-12(13)15-11/h9H,3-8H2,1-2H3,(H2,13,14,15). The van der Waals surface area contributed by atoms with Gasteiger partial charge >= 0.3 is 0 Å². The first-order valence-electron chi connectivity index (χ1n) is 6.27. The highest BCUT2D eigenvalue weighted by Crippen LogP contribution is 2.15. The molecule has 0 bridgehead atoms. The summed E-state index contributed by atoms with van der Waals surface area (Å²) in [7, 11) is 0. The van der Waals surface area contributed by atoms with Gasteiger partial charge in [-0.3, -0.25) is 4.90 Å². The van der Waals surface area contributed by atoms with E-state index in [0.29, 0.717) is 5.95 Å². The van der Waals surface area contributed by atoms with Gasteiger partial charge in [-0.15, -0.1) is 0 Å². The van der Waals surface area contributed by atoms with Crippen LogP contribution >= 0.6 is 0 Å². The second kappa shape index (κ2) is 5.31. The van der Waals surface area contributed by atoms with Gasteiger partial charge in [-0.25, -0.2) is 4.98 Å². The summed E-state index contributed by atoms with van der Waals surface area (Å²) >= 11 is 0. The first-order valence-corrected chi connectivity index (χ1v) is 6.27.